The second-order valence-electron chi connectivity index (χ2n) is 2.15. The summed E-state index contributed by atoms with van der Waals surface area (Å²) >= 11 is 1.28. The maximum absolute atomic E-state index is 10.5. The molecule has 1 heterocycles. The summed E-state index contributed by atoms with van der Waals surface area (Å²) in [4.78, 5) is 0.597. The van der Waals surface area contributed by atoms with Crippen LogP contribution in [0.3, 0.4) is 0 Å². The fraction of sp³-hybridized carbons (Fsp3) is 0.333. The number of thiophene rings is 1. The quantitative estimate of drug-likeness (QED) is 0.663. The molecule has 0 aliphatic carbocycles. The molecule has 1 unspecified atom stereocenters. The van der Waals surface area contributed by atoms with Crippen LogP contribution in [0.25, 0.3) is 0 Å². The van der Waals surface area contributed by atoms with Gasteiger partial charge in [-0.05, 0) is 18.4 Å². The Balaban J connectivity index is 2.97. The molecule has 11 heavy (non-hydrogen) atoms. The lowest BCUT2D eigenvalue weighted by Crippen LogP contribution is -2.06. The standard InChI is InChI=1S/C6H8O3S2/c1-5(11(7,8)9)6-3-2-4-10-6/h2-5H,1H3,(H,7,8,9)/p-1. The normalized spacial score (nSPS) is 14.7. The Bertz CT molecular complexity index is 312. The van der Waals surface area contributed by atoms with Gasteiger partial charge in [-0.15, -0.1) is 11.3 Å². The Kier molecular flexibility index (Phi) is 2.31. The SMILES string of the molecule is CC(c1cccs1)S(=O)(=O)[O-]. The zero-order valence-electron chi connectivity index (χ0n) is 5.85. The molecule has 1 aromatic heterocycles. The average molecular weight is 191 g/mol. The van der Waals surface area contributed by atoms with Crippen molar-refractivity contribution in [2.75, 3.05) is 0 Å². The highest BCUT2D eigenvalue weighted by Gasteiger charge is 2.12. The summed E-state index contributed by atoms with van der Waals surface area (Å²) in [6.07, 6.45) is 0. The van der Waals surface area contributed by atoms with Crippen LogP contribution >= 0.6 is 11.3 Å². The molecule has 0 spiro atoms. The predicted molar refractivity (Wildman–Crippen MR) is 42.4 cm³/mol. The van der Waals surface area contributed by atoms with Crippen LogP contribution in [0, 0.1) is 0 Å². The number of rotatable bonds is 2. The van der Waals surface area contributed by atoms with E-state index in [-0.39, 0.29) is 0 Å². The zero-order valence-corrected chi connectivity index (χ0v) is 7.48. The van der Waals surface area contributed by atoms with Crippen LogP contribution in [0.2, 0.25) is 0 Å². The lowest BCUT2D eigenvalue weighted by molar-refractivity contribution is 0.453. The minimum atomic E-state index is -4.17. The summed E-state index contributed by atoms with van der Waals surface area (Å²) in [6.45, 7) is 1.40. The Morgan fingerprint density at radius 3 is 2.64 bits per heavy atom. The van der Waals surface area contributed by atoms with E-state index >= 15 is 0 Å². The van der Waals surface area contributed by atoms with Gasteiger partial charge < -0.3 is 4.55 Å². The molecule has 0 aliphatic rings. The molecule has 5 heteroatoms. The summed E-state index contributed by atoms with van der Waals surface area (Å²) in [5, 5.41) is 0.833. The van der Waals surface area contributed by atoms with Gasteiger partial charge in [-0.25, -0.2) is 8.42 Å². The molecule has 0 radical (unpaired) electrons. The van der Waals surface area contributed by atoms with Crippen molar-refractivity contribution in [1.82, 2.24) is 0 Å². The van der Waals surface area contributed by atoms with Gasteiger partial charge in [0, 0.05) is 4.88 Å². The summed E-state index contributed by atoms with van der Waals surface area (Å²) in [7, 11) is -4.17. The van der Waals surface area contributed by atoms with Crippen LogP contribution in [0.1, 0.15) is 17.1 Å². The first kappa shape index (κ1) is 8.70. The molecular weight excluding hydrogens is 184 g/mol. The highest BCUT2D eigenvalue weighted by molar-refractivity contribution is 7.86. The topological polar surface area (TPSA) is 57.2 Å². The Morgan fingerprint density at radius 2 is 2.27 bits per heavy atom. The first-order valence-electron chi connectivity index (χ1n) is 3.00. The maximum atomic E-state index is 10.5. The predicted octanol–water partition coefficient (Wildman–Crippen LogP) is 1.35. The van der Waals surface area contributed by atoms with Crippen molar-refractivity contribution < 1.29 is 13.0 Å². The molecule has 0 N–H and O–H groups in total. The van der Waals surface area contributed by atoms with E-state index in [1.165, 1.54) is 18.3 Å². The van der Waals surface area contributed by atoms with Crippen LogP contribution < -0.4 is 0 Å². The Hall–Kier alpha value is -0.390. The van der Waals surface area contributed by atoms with Gasteiger partial charge in [0.05, 0.1) is 5.25 Å². The molecule has 62 valence electrons. The molecule has 1 atom stereocenters. The molecule has 0 amide bonds. The second-order valence-corrected chi connectivity index (χ2v) is 4.82. The van der Waals surface area contributed by atoms with Gasteiger partial charge in [-0.3, -0.25) is 0 Å². The van der Waals surface area contributed by atoms with E-state index in [4.69, 9.17) is 0 Å². The Morgan fingerprint density at radius 1 is 1.64 bits per heavy atom. The van der Waals surface area contributed by atoms with E-state index in [0.717, 1.165) is 0 Å². The monoisotopic (exact) mass is 191 g/mol. The van der Waals surface area contributed by atoms with Gasteiger partial charge in [0.2, 0.25) is 0 Å². The molecular formula is C6H7O3S2-. The molecule has 0 saturated carbocycles. The lowest BCUT2D eigenvalue weighted by Gasteiger charge is -2.13. The molecule has 0 aliphatic heterocycles. The molecule has 0 fully saturated rings. The van der Waals surface area contributed by atoms with E-state index in [1.54, 1.807) is 17.5 Å². The fourth-order valence-corrected chi connectivity index (χ4v) is 2.21. The maximum Gasteiger partial charge on any atom is 0.102 e. The molecule has 0 saturated heterocycles. The fourth-order valence-electron chi connectivity index (χ4n) is 0.665. The summed E-state index contributed by atoms with van der Waals surface area (Å²) < 4.78 is 31.4. The Labute approximate surface area is 69.4 Å². The first-order valence-corrected chi connectivity index (χ1v) is 5.35. The summed E-state index contributed by atoms with van der Waals surface area (Å²) in [6, 6.07) is 3.37. The smallest absolute Gasteiger partial charge is 0.102 e. The highest BCUT2D eigenvalue weighted by atomic mass is 32.2. The van der Waals surface area contributed by atoms with Gasteiger partial charge in [0.1, 0.15) is 10.1 Å². The van der Waals surface area contributed by atoms with Crippen molar-refractivity contribution in [3.63, 3.8) is 0 Å². The van der Waals surface area contributed by atoms with Crippen molar-refractivity contribution in [1.29, 1.82) is 0 Å². The second kappa shape index (κ2) is 2.92. The van der Waals surface area contributed by atoms with Crippen LogP contribution in [0.4, 0.5) is 0 Å². The van der Waals surface area contributed by atoms with Gasteiger partial charge in [-0.2, -0.15) is 0 Å². The average Bonchev–Trinajstić information content (AvgIpc) is 2.34. The largest absolute Gasteiger partial charge is 0.747 e. The van der Waals surface area contributed by atoms with Crippen molar-refractivity contribution in [2.45, 2.75) is 12.2 Å². The van der Waals surface area contributed by atoms with Crippen molar-refractivity contribution in [3.05, 3.63) is 22.4 Å². The van der Waals surface area contributed by atoms with E-state index in [9.17, 15) is 13.0 Å². The number of hydrogen-bond donors (Lipinski definition) is 0. The molecule has 0 bridgehead atoms. The summed E-state index contributed by atoms with van der Waals surface area (Å²) in [5.41, 5.74) is 0. The van der Waals surface area contributed by atoms with Crippen molar-refractivity contribution >= 4 is 21.5 Å². The van der Waals surface area contributed by atoms with Gasteiger partial charge in [0.25, 0.3) is 0 Å². The van der Waals surface area contributed by atoms with Crippen LogP contribution in [-0.2, 0) is 10.1 Å². The molecule has 1 rings (SSSR count). The number of hydrogen-bond acceptors (Lipinski definition) is 4. The molecule has 0 aromatic carbocycles. The van der Waals surface area contributed by atoms with Crippen LogP contribution in [0.5, 0.6) is 0 Å². The summed E-state index contributed by atoms with van der Waals surface area (Å²) in [5.74, 6) is 0. The third kappa shape index (κ3) is 2.02. The van der Waals surface area contributed by atoms with E-state index in [1.807, 2.05) is 0 Å². The van der Waals surface area contributed by atoms with E-state index in [2.05, 4.69) is 0 Å². The minimum Gasteiger partial charge on any atom is -0.747 e. The first-order chi connectivity index (χ1) is 5.02. The zero-order chi connectivity index (χ0) is 8.48. The third-order valence-corrected chi connectivity index (χ3v) is 3.70. The highest BCUT2D eigenvalue weighted by Crippen LogP contribution is 2.24. The third-order valence-electron chi connectivity index (χ3n) is 1.38. The van der Waals surface area contributed by atoms with Crippen LogP contribution in [-0.4, -0.2) is 13.0 Å². The van der Waals surface area contributed by atoms with Crippen molar-refractivity contribution in [2.24, 2.45) is 0 Å². The molecule has 1 aromatic rings. The molecule has 3 nitrogen and oxygen atoms in total. The van der Waals surface area contributed by atoms with E-state index < -0.39 is 15.4 Å². The lowest BCUT2D eigenvalue weighted by atomic mass is 10.4. The van der Waals surface area contributed by atoms with Crippen LogP contribution in [0.15, 0.2) is 17.5 Å². The van der Waals surface area contributed by atoms with Gasteiger partial charge in [-0.1, -0.05) is 6.07 Å². The van der Waals surface area contributed by atoms with Crippen molar-refractivity contribution in [3.8, 4) is 0 Å². The minimum absolute atomic E-state index is 0.597. The van der Waals surface area contributed by atoms with Gasteiger partial charge >= 0.3 is 0 Å². The van der Waals surface area contributed by atoms with E-state index in [0.29, 0.717) is 4.88 Å². The van der Waals surface area contributed by atoms with Gasteiger partial charge in [0.15, 0.2) is 0 Å².